The zero-order valence-corrected chi connectivity index (χ0v) is 12.8. The Morgan fingerprint density at radius 1 is 1.30 bits per heavy atom. The highest BCUT2D eigenvalue weighted by Crippen LogP contribution is 2.59. The van der Waals surface area contributed by atoms with E-state index in [2.05, 4.69) is 33.4 Å². The molecule has 3 N–H and O–H groups in total. The largest absolute Gasteiger partial charge is 0.335 e. The van der Waals surface area contributed by atoms with Gasteiger partial charge in [-0.25, -0.2) is 4.79 Å². The summed E-state index contributed by atoms with van der Waals surface area (Å²) in [5, 5.41) is 3.14. The van der Waals surface area contributed by atoms with E-state index in [1.54, 1.807) is 0 Å². The van der Waals surface area contributed by atoms with Gasteiger partial charge in [0.2, 0.25) is 0 Å². The first-order valence-corrected chi connectivity index (χ1v) is 7.93. The third-order valence-electron chi connectivity index (χ3n) is 5.06. The van der Waals surface area contributed by atoms with Gasteiger partial charge >= 0.3 is 6.03 Å². The number of benzene rings is 1. The SMILES string of the molecule is NC1CC12CC(NC(=O)N1Cc3ccc(Br)cc3C1)C2. The maximum absolute atomic E-state index is 12.3. The van der Waals surface area contributed by atoms with E-state index in [0.717, 1.165) is 23.7 Å². The van der Waals surface area contributed by atoms with E-state index >= 15 is 0 Å². The molecule has 1 spiro atoms. The van der Waals surface area contributed by atoms with E-state index in [4.69, 9.17) is 5.73 Å². The van der Waals surface area contributed by atoms with E-state index in [9.17, 15) is 4.79 Å². The minimum atomic E-state index is 0.0615. The molecule has 1 heterocycles. The van der Waals surface area contributed by atoms with Crippen LogP contribution in [0.1, 0.15) is 30.4 Å². The Hall–Kier alpha value is -1.07. The summed E-state index contributed by atoms with van der Waals surface area (Å²) in [6.45, 7) is 1.42. The molecule has 3 aliphatic rings. The van der Waals surface area contributed by atoms with E-state index in [0.29, 0.717) is 30.6 Å². The topological polar surface area (TPSA) is 58.4 Å². The van der Waals surface area contributed by atoms with Gasteiger partial charge in [-0.05, 0) is 47.9 Å². The van der Waals surface area contributed by atoms with Gasteiger partial charge < -0.3 is 16.0 Å². The lowest BCUT2D eigenvalue weighted by Crippen LogP contribution is -2.50. The van der Waals surface area contributed by atoms with Gasteiger partial charge in [-0.15, -0.1) is 0 Å². The Morgan fingerprint density at radius 2 is 2.00 bits per heavy atom. The average molecular weight is 336 g/mol. The third-order valence-corrected chi connectivity index (χ3v) is 5.56. The summed E-state index contributed by atoms with van der Waals surface area (Å²) in [5.74, 6) is 0. The first kappa shape index (κ1) is 12.7. The highest BCUT2D eigenvalue weighted by atomic mass is 79.9. The van der Waals surface area contributed by atoms with Crippen molar-refractivity contribution < 1.29 is 4.79 Å². The minimum absolute atomic E-state index is 0.0615. The number of carbonyl (C=O) groups excluding carboxylic acids is 1. The first-order valence-electron chi connectivity index (χ1n) is 7.14. The second-order valence-electron chi connectivity index (χ2n) is 6.50. The quantitative estimate of drug-likeness (QED) is 0.827. The summed E-state index contributed by atoms with van der Waals surface area (Å²) in [6.07, 6.45) is 3.26. The van der Waals surface area contributed by atoms with Gasteiger partial charge in [0.05, 0.1) is 0 Å². The lowest BCUT2D eigenvalue weighted by atomic mass is 9.76. The van der Waals surface area contributed by atoms with Crippen molar-refractivity contribution in [3.8, 4) is 0 Å². The molecular formula is C15H18BrN3O. The molecule has 5 heteroatoms. The zero-order chi connectivity index (χ0) is 13.9. The van der Waals surface area contributed by atoms with E-state index in [1.165, 1.54) is 11.1 Å². The predicted molar refractivity (Wildman–Crippen MR) is 80.0 cm³/mol. The molecule has 0 bridgehead atoms. The fraction of sp³-hybridized carbons (Fsp3) is 0.533. The second kappa shape index (κ2) is 4.21. The van der Waals surface area contributed by atoms with E-state index in [1.807, 2.05) is 11.0 Å². The summed E-state index contributed by atoms with van der Waals surface area (Å²) < 4.78 is 1.07. The van der Waals surface area contributed by atoms with Crippen molar-refractivity contribution in [3.63, 3.8) is 0 Å². The van der Waals surface area contributed by atoms with Gasteiger partial charge in [0.15, 0.2) is 0 Å². The molecule has 4 rings (SSSR count). The molecule has 1 aromatic carbocycles. The van der Waals surface area contributed by atoms with Gasteiger partial charge in [0, 0.05) is 29.6 Å². The van der Waals surface area contributed by atoms with Crippen molar-refractivity contribution in [2.75, 3.05) is 0 Å². The third kappa shape index (κ3) is 1.95. The molecule has 2 saturated carbocycles. The van der Waals surface area contributed by atoms with Crippen LogP contribution < -0.4 is 11.1 Å². The molecule has 1 aromatic rings. The molecule has 4 nitrogen and oxygen atoms in total. The van der Waals surface area contributed by atoms with Crippen LogP contribution in [-0.4, -0.2) is 23.0 Å². The van der Waals surface area contributed by atoms with Crippen LogP contribution in [0.4, 0.5) is 4.79 Å². The van der Waals surface area contributed by atoms with Crippen LogP contribution in [-0.2, 0) is 13.1 Å². The van der Waals surface area contributed by atoms with Gasteiger partial charge in [-0.2, -0.15) is 0 Å². The number of fused-ring (bicyclic) bond motifs is 1. The Labute approximate surface area is 126 Å². The smallest absolute Gasteiger partial charge is 0.318 e. The van der Waals surface area contributed by atoms with Crippen molar-refractivity contribution >= 4 is 22.0 Å². The molecule has 1 unspecified atom stereocenters. The van der Waals surface area contributed by atoms with Gasteiger partial charge in [0.25, 0.3) is 0 Å². The Balaban J connectivity index is 1.35. The number of amides is 2. The van der Waals surface area contributed by atoms with Crippen molar-refractivity contribution in [1.29, 1.82) is 0 Å². The Morgan fingerprint density at radius 3 is 2.70 bits per heavy atom. The lowest BCUT2D eigenvalue weighted by Gasteiger charge is -2.37. The van der Waals surface area contributed by atoms with Crippen LogP contribution in [0.3, 0.4) is 0 Å². The van der Waals surface area contributed by atoms with Crippen LogP contribution >= 0.6 is 15.9 Å². The van der Waals surface area contributed by atoms with Crippen LogP contribution in [0.15, 0.2) is 22.7 Å². The molecular weight excluding hydrogens is 318 g/mol. The fourth-order valence-electron chi connectivity index (χ4n) is 3.64. The van der Waals surface area contributed by atoms with Crippen molar-refractivity contribution in [1.82, 2.24) is 10.2 Å². The van der Waals surface area contributed by atoms with Crippen LogP contribution in [0.2, 0.25) is 0 Å². The number of nitrogens with two attached hydrogens (primary N) is 1. The highest BCUT2D eigenvalue weighted by molar-refractivity contribution is 9.10. The van der Waals surface area contributed by atoms with Crippen LogP contribution in [0.25, 0.3) is 0 Å². The molecule has 2 fully saturated rings. The zero-order valence-electron chi connectivity index (χ0n) is 11.2. The second-order valence-corrected chi connectivity index (χ2v) is 7.41. The molecule has 0 radical (unpaired) electrons. The number of rotatable bonds is 1. The number of nitrogens with zero attached hydrogens (tertiary/aromatic N) is 1. The summed E-state index contributed by atoms with van der Waals surface area (Å²) in [7, 11) is 0. The molecule has 0 saturated heterocycles. The summed E-state index contributed by atoms with van der Waals surface area (Å²) in [5.41, 5.74) is 8.79. The maximum Gasteiger partial charge on any atom is 0.318 e. The van der Waals surface area contributed by atoms with Crippen molar-refractivity contribution in [3.05, 3.63) is 33.8 Å². The highest BCUT2D eigenvalue weighted by Gasteiger charge is 2.60. The predicted octanol–water partition coefficient (Wildman–Crippen LogP) is 2.35. The minimum Gasteiger partial charge on any atom is -0.335 e. The number of halogens is 1. The number of nitrogens with one attached hydrogen (secondary N) is 1. The molecule has 1 aliphatic heterocycles. The summed E-state index contributed by atoms with van der Waals surface area (Å²) in [4.78, 5) is 14.2. The van der Waals surface area contributed by atoms with Crippen LogP contribution in [0.5, 0.6) is 0 Å². The van der Waals surface area contributed by atoms with Crippen molar-refractivity contribution in [2.24, 2.45) is 11.1 Å². The number of urea groups is 1. The maximum atomic E-state index is 12.3. The number of hydrogen-bond acceptors (Lipinski definition) is 2. The average Bonchev–Trinajstić information content (AvgIpc) is 2.85. The molecule has 106 valence electrons. The van der Waals surface area contributed by atoms with Gasteiger partial charge in [0.1, 0.15) is 0 Å². The first-order chi connectivity index (χ1) is 9.56. The van der Waals surface area contributed by atoms with Crippen LogP contribution in [0, 0.1) is 5.41 Å². The fourth-order valence-corrected chi connectivity index (χ4v) is 4.05. The molecule has 1 atom stereocenters. The van der Waals surface area contributed by atoms with Gasteiger partial charge in [-0.1, -0.05) is 22.0 Å². The van der Waals surface area contributed by atoms with E-state index < -0.39 is 0 Å². The Bertz CT molecular complexity index is 582. The normalized spacial score (nSPS) is 33.8. The molecule has 0 aromatic heterocycles. The van der Waals surface area contributed by atoms with E-state index in [-0.39, 0.29) is 6.03 Å². The standard InChI is InChI=1S/C15H18BrN3O/c16-11-2-1-9-7-19(8-10(9)3-11)14(20)18-12-4-15(5-12)6-13(15)17/h1-3,12-13H,4-8,17H2,(H,18,20). The summed E-state index contributed by atoms with van der Waals surface area (Å²) >= 11 is 3.48. The molecule has 20 heavy (non-hydrogen) atoms. The van der Waals surface area contributed by atoms with Gasteiger partial charge in [-0.3, -0.25) is 0 Å². The number of carbonyl (C=O) groups is 1. The Kier molecular flexibility index (Phi) is 2.67. The monoisotopic (exact) mass is 335 g/mol. The molecule has 2 aliphatic carbocycles. The molecule has 2 amide bonds. The summed E-state index contributed by atoms with van der Waals surface area (Å²) in [6, 6.07) is 6.99. The number of hydrogen-bond donors (Lipinski definition) is 2. The van der Waals surface area contributed by atoms with Crippen molar-refractivity contribution in [2.45, 2.75) is 44.4 Å². The lowest BCUT2D eigenvalue weighted by molar-refractivity contribution is 0.160.